The number of benzene rings is 2. The van der Waals surface area contributed by atoms with Gasteiger partial charge in [0, 0.05) is 0 Å². The third-order valence-corrected chi connectivity index (χ3v) is 8.75. The van der Waals surface area contributed by atoms with Crippen LogP contribution in [0.1, 0.15) is 20.7 Å². The molecule has 0 fully saturated rings. The fraction of sp³-hybridized carbons (Fsp3) is 0.125. The second-order valence-corrected chi connectivity index (χ2v) is 10.00. The van der Waals surface area contributed by atoms with Crippen LogP contribution in [0.4, 0.5) is 0 Å². The van der Waals surface area contributed by atoms with Crippen molar-refractivity contribution >= 4 is 39.5 Å². The predicted molar refractivity (Wildman–Crippen MR) is 92.8 cm³/mol. The third kappa shape index (κ3) is 3.78. The maximum absolute atomic E-state index is 11.4. The van der Waals surface area contributed by atoms with Crippen molar-refractivity contribution in [3.05, 3.63) is 66.8 Å². The van der Waals surface area contributed by atoms with Crippen molar-refractivity contribution in [3.63, 3.8) is 0 Å². The molecule has 6 heteroatoms. The van der Waals surface area contributed by atoms with E-state index in [-0.39, 0.29) is 11.9 Å². The van der Waals surface area contributed by atoms with Crippen LogP contribution in [-0.2, 0) is 9.47 Å². The molecule has 2 aromatic carbocycles. The summed E-state index contributed by atoms with van der Waals surface area (Å²) in [6, 6.07) is 14.2. The fourth-order valence-electron chi connectivity index (χ4n) is 1.75. The number of hydrogen-bond donors (Lipinski definition) is 0. The van der Waals surface area contributed by atoms with Gasteiger partial charge in [-0.2, -0.15) is 0 Å². The molecule has 2 aromatic rings. The Labute approximate surface area is 139 Å². The zero-order valence-corrected chi connectivity index (χ0v) is 14.9. The Morgan fingerprint density at radius 3 is 1.36 bits per heavy atom. The van der Waals surface area contributed by atoms with Gasteiger partial charge in [0.1, 0.15) is 0 Å². The van der Waals surface area contributed by atoms with Crippen LogP contribution in [-0.4, -0.2) is 26.2 Å². The van der Waals surface area contributed by atoms with E-state index >= 15 is 0 Å². The summed E-state index contributed by atoms with van der Waals surface area (Å²) in [6.45, 7) is 0. The molecule has 0 N–H and O–H groups in total. The Morgan fingerprint density at radius 2 is 1.09 bits per heavy atom. The molecule has 0 aliphatic carbocycles. The van der Waals surface area contributed by atoms with Gasteiger partial charge in [-0.25, -0.2) is 0 Å². The van der Waals surface area contributed by atoms with Crippen molar-refractivity contribution in [1.82, 2.24) is 0 Å². The number of halogens is 2. The summed E-state index contributed by atoms with van der Waals surface area (Å²) in [5.74, 6) is -0.743. The fourth-order valence-corrected chi connectivity index (χ4v) is 5.73. The number of methoxy groups -OCH3 is 2. The first kappa shape index (κ1) is 16.8. The van der Waals surface area contributed by atoms with Crippen molar-refractivity contribution in [2.45, 2.75) is 0 Å². The molecule has 0 aliphatic rings. The molecule has 0 radical (unpaired) electrons. The number of esters is 2. The van der Waals surface area contributed by atoms with E-state index in [1.165, 1.54) is 14.2 Å². The Hall–Kier alpha value is -1.60. The van der Waals surface area contributed by atoms with E-state index in [1.54, 1.807) is 24.3 Å². The van der Waals surface area contributed by atoms with Crippen molar-refractivity contribution in [2.24, 2.45) is 0 Å². The quantitative estimate of drug-likeness (QED) is 0.542. The number of ether oxygens (including phenoxy) is 2. The second-order valence-electron chi connectivity index (χ2n) is 4.23. The van der Waals surface area contributed by atoms with Gasteiger partial charge in [0.2, 0.25) is 0 Å². The Balaban J connectivity index is 2.18. The van der Waals surface area contributed by atoms with Crippen LogP contribution in [0.5, 0.6) is 0 Å². The van der Waals surface area contributed by atoms with E-state index in [0.717, 1.165) is 7.14 Å². The van der Waals surface area contributed by atoms with E-state index < -0.39 is 18.7 Å². The van der Waals surface area contributed by atoms with E-state index in [0.29, 0.717) is 11.1 Å². The molecule has 0 spiro atoms. The topological polar surface area (TPSA) is 52.6 Å². The van der Waals surface area contributed by atoms with E-state index in [4.69, 9.17) is 8.91 Å². The standard InChI is InChI=1S/C16H14ClIO4/c1-21-15(19)11-3-7-13(8-4-11)18(17)14-9-5-12(6-10-14)16(20)22-2/h3-10H,1-2H3. The van der Waals surface area contributed by atoms with Gasteiger partial charge in [0.05, 0.1) is 0 Å². The van der Waals surface area contributed by atoms with Gasteiger partial charge in [0.25, 0.3) is 0 Å². The average molecular weight is 433 g/mol. The molecular formula is C16H14ClIO4. The van der Waals surface area contributed by atoms with Gasteiger partial charge < -0.3 is 0 Å². The van der Waals surface area contributed by atoms with Gasteiger partial charge in [0.15, 0.2) is 0 Å². The molecule has 0 saturated heterocycles. The van der Waals surface area contributed by atoms with Crippen LogP contribution in [0.2, 0.25) is 0 Å². The van der Waals surface area contributed by atoms with Gasteiger partial charge in [-0.05, 0) is 0 Å². The van der Waals surface area contributed by atoms with Crippen LogP contribution in [0.3, 0.4) is 0 Å². The summed E-state index contributed by atoms with van der Waals surface area (Å²) in [6.07, 6.45) is 0. The molecule has 0 heterocycles. The number of carbonyl (C=O) groups is 2. The first-order valence-electron chi connectivity index (χ1n) is 6.30. The van der Waals surface area contributed by atoms with Gasteiger partial charge >= 0.3 is 140 Å². The number of carbonyl (C=O) groups excluding carboxylic acids is 2. The van der Waals surface area contributed by atoms with Crippen LogP contribution >= 0.6 is 27.6 Å². The molecule has 0 atom stereocenters. The van der Waals surface area contributed by atoms with Gasteiger partial charge in [-0.15, -0.1) is 0 Å². The number of hydrogen-bond acceptors (Lipinski definition) is 4. The summed E-state index contributed by atoms with van der Waals surface area (Å²) in [7, 11) is 9.28. The van der Waals surface area contributed by atoms with E-state index in [2.05, 4.69) is 9.47 Å². The normalized spacial score (nSPS) is 10.8. The van der Waals surface area contributed by atoms with E-state index in [9.17, 15) is 9.59 Å². The Morgan fingerprint density at radius 1 is 0.773 bits per heavy atom. The minimum atomic E-state index is -2.06. The van der Waals surface area contributed by atoms with E-state index in [1.807, 2.05) is 24.3 Å². The molecule has 22 heavy (non-hydrogen) atoms. The molecule has 4 nitrogen and oxygen atoms in total. The van der Waals surface area contributed by atoms with Gasteiger partial charge in [-0.3, -0.25) is 0 Å². The average Bonchev–Trinajstić information content (AvgIpc) is 2.60. The first-order chi connectivity index (χ1) is 10.6. The van der Waals surface area contributed by atoms with Crippen molar-refractivity contribution < 1.29 is 19.1 Å². The Kier molecular flexibility index (Phi) is 5.79. The summed E-state index contributed by atoms with van der Waals surface area (Å²) in [5, 5.41) is 0. The zero-order valence-electron chi connectivity index (χ0n) is 12.0. The zero-order chi connectivity index (χ0) is 16.1. The Bertz CT molecular complexity index is 608. The molecule has 0 unspecified atom stereocenters. The minimum absolute atomic E-state index is 0.371. The molecular weight excluding hydrogens is 419 g/mol. The van der Waals surface area contributed by atoms with Crippen LogP contribution in [0, 0.1) is 7.14 Å². The number of rotatable bonds is 4. The molecule has 0 saturated carbocycles. The predicted octanol–water partition coefficient (Wildman–Crippen LogP) is 3.96. The summed E-state index contributed by atoms with van der Waals surface area (Å²) < 4.78 is 11.3. The first-order valence-corrected chi connectivity index (χ1v) is 11.2. The van der Waals surface area contributed by atoms with Crippen molar-refractivity contribution in [2.75, 3.05) is 14.2 Å². The van der Waals surface area contributed by atoms with Gasteiger partial charge in [-0.1, -0.05) is 0 Å². The molecule has 0 aromatic heterocycles. The molecule has 116 valence electrons. The second kappa shape index (κ2) is 7.60. The van der Waals surface area contributed by atoms with Crippen LogP contribution in [0.15, 0.2) is 48.5 Å². The summed E-state index contributed by atoms with van der Waals surface area (Å²) in [5.41, 5.74) is 0.987. The van der Waals surface area contributed by atoms with Crippen LogP contribution in [0.25, 0.3) is 0 Å². The third-order valence-electron chi connectivity index (χ3n) is 2.91. The summed E-state index contributed by atoms with van der Waals surface area (Å²) in [4.78, 5) is 22.8. The maximum atomic E-state index is 11.4. The van der Waals surface area contributed by atoms with Crippen molar-refractivity contribution in [3.8, 4) is 0 Å². The molecule has 0 aliphatic heterocycles. The van der Waals surface area contributed by atoms with Crippen molar-refractivity contribution in [1.29, 1.82) is 0 Å². The SMILES string of the molecule is COC(=O)c1ccc(I(Cl)c2ccc(C(=O)OC)cc2)cc1. The molecule has 0 bridgehead atoms. The molecule has 2 rings (SSSR count). The summed E-state index contributed by atoms with van der Waals surface area (Å²) >= 11 is -2.06. The molecule has 0 amide bonds. The monoisotopic (exact) mass is 432 g/mol. The van der Waals surface area contributed by atoms with Crippen LogP contribution < -0.4 is 0 Å².